The summed E-state index contributed by atoms with van der Waals surface area (Å²) in [4.78, 5) is 19.2. The van der Waals surface area contributed by atoms with Gasteiger partial charge in [0.25, 0.3) is 0 Å². The Morgan fingerprint density at radius 2 is 2.08 bits per heavy atom. The number of nitrogens with zero attached hydrogens (tertiary/aromatic N) is 2. The van der Waals surface area contributed by atoms with Crippen LogP contribution in [0.25, 0.3) is 16.1 Å². The minimum atomic E-state index is 0.196. The number of rotatable bonds is 3. The van der Waals surface area contributed by atoms with Gasteiger partial charge in [-0.2, -0.15) is 0 Å². The van der Waals surface area contributed by atoms with Crippen LogP contribution in [0.5, 0.6) is 0 Å². The molecule has 1 aromatic carbocycles. The highest BCUT2D eigenvalue weighted by molar-refractivity contribution is 9.10. The molecule has 1 saturated heterocycles. The smallest absolute Gasteiger partial charge is 0.250 e. The quantitative estimate of drug-likeness (QED) is 0.733. The van der Waals surface area contributed by atoms with Crippen LogP contribution in [0.2, 0.25) is 0 Å². The van der Waals surface area contributed by atoms with E-state index in [1.807, 2.05) is 23.1 Å². The number of benzene rings is 1. The van der Waals surface area contributed by atoms with Gasteiger partial charge in [-0.15, -0.1) is 11.3 Å². The average molecular weight is 401 g/mol. The van der Waals surface area contributed by atoms with Crippen LogP contribution < -0.4 is 0 Å². The van der Waals surface area contributed by atoms with Crippen molar-refractivity contribution < 1.29 is 4.79 Å². The summed E-state index contributed by atoms with van der Waals surface area (Å²) in [7, 11) is 0. The molecule has 2 heterocycles. The van der Waals surface area contributed by atoms with Crippen molar-refractivity contribution in [2.75, 3.05) is 13.1 Å². The summed E-state index contributed by atoms with van der Waals surface area (Å²) in [6, 6.07) is 8.16. The molecule has 0 saturated carbocycles. The zero-order chi connectivity index (χ0) is 16.5. The lowest BCUT2D eigenvalue weighted by molar-refractivity contribution is -0.126. The zero-order valence-corrected chi connectivity index (χ0v) is 15.6. The van der Waals surface area contributed by atoms with Gasteiger partial charge in [0, 0.05) is 34.1 Å². The van der Waals surface area contributed by atoms with E-state index >= 15 is 0 Å². The highest BCUT2D eigenvalue weighted by Gasteiger charge is 2.24. The molecule has 4 rings (SSSR count). The monoisotopic (exact) mass is 400 g/mol. The van der Waals surface area contributed by atoms with Gasteiger partial charge in [0.1, 0.15) is 5.01 Å². The Bertz CT molecular complexity index is 847. The molecule has 5 heteroatoms. The number of hydrogen-bond donors (Lipinski definition) is 0. The van der Waals surface area contributed by atoms with Crippen LogP contribution in [0.3, 0.4) is 0 Å². The Morgan fingerprint density at radius 1 is 1.25 bits per heavy atom. The number of carbonyl (C=O) groups is 1. The third kappa shape index (κ3) is 3.10. The maximum atomic E-state index is 12.5. The molecule has 1 amide bonds. The van der Waals surface area contributed by atoms with E-state index < -0.39 is 0 Å². The van der Waals surface area contributed by atoms with Crippen molar-refractivity contribution in [3.8, 4) is 10.6 Å². The Labute approximate surface area is 153 Å². The molecule has 24 heavy (non-hydrogen) atoms. The molecule has 0 bridgehead atoms. The van der Waals surface area contributed by atoms with Crippen molar-refractivity contribution in [2.24, 2.45) is 0 Å². The number of likely N-dealkylation sites (tertiary alicyclic amines) is 1. The van der Waals surface area contributed by atoms with Gasteiger partial charge in [0.2, 0.25) is 5.91 Å². The summed E-state index contributed by atoms with van der Waals surface area (Å²) < 4.78 is 1.05. The maximum Gasteiger partial charge on any atom is 0.250 e. The van der Waals surface area contributed by atoms with Crippen molar-refractivity contribution in [3.63, 3.8) is 0 Å². The second-order valence-electron chi connectivity index (χ2n) is 6.08. The van der Waals surface area contributed by atoms with Crippen LogP contribution in [0.1, 0.15) is 25.0 Å². The number of aromatic nitrogens is 1. The van der Waals surface area contributed by atoms with Gasteiger partial charge in [-0.1, -0.05) is 34.1 Å². The Balaban J connectivity index is 1.54. The fourth-order valence-corrected chi connectivity index (χ4v) is 4.36. The predicted octanol–water partition coefficient (Wildman–Crippen LogP) is 4.91. The zero-order valence-electron chi connectivity index (χ0n) is 13.2. The first-order valence-corrected chi connectivity index (χ1v) is 9.80. The lowest BCUT2D eigenvalue weighted by Gasteiger charge is -2.15. The van der Waals surface area contributed by atoms with Crippen LogP contribution in [0.4, 0.5) is 0 Å². The Morgan fingerprint density at radius 3 is 2.88 bits per heavy atom. The van der Waals surface area contributed by atoms with E-state index in [2.05, 4.69) is 39.5 Å². The topological polar surface area (TPSA) is 33.2 Å². The third-order valence-corrected chi connectivity index (χ3v) is 5.80. The molecule has 122 valence electrons. The second-order valence-corrected chi connectivity index (χ2v) is 7.85. The predicted molar refractivity (Wildman–Crippen MR) is 102 cm³/mol. The van der Waals surface area contributed by atoms with Crippen molar-refractivity contribution in [1.29, 1.82) is 0 Å². The Kier molecular flexibility index (Phi) is 4.37. The minimum absolute atomic E-state index is 0.196. The second kappa shape index (κ2) is 6.65. The van der Waals surface area contributed by atoms with Crippen LogP contribution in [0.15, 0.2) is 51.8 Å². The molecule has 0 radical (unpaired) electrons. The van der Waals surface area contributed by atoms with Gasteiger partial charge in [0.15, 0.2) is 0 Å². The van der Waals surface area contributed by atoms with Crippen LogP contribution in [-0.4, -0.2) is 28.9 Å². The fraction of sp³-hybridized carbons (Fsp3) is 0.263. The number of carbonyl (C=O) groups excluding carboxylic acids is 1. The molecule has 1 fully saturated rings. The molecule has 3 nitrogen and oxygen atoms in total. The molecule has 1 aliphatic carbocycles. The van der Waals surface area contributed by atoms with Gasteiger partial charge in [-0.3, -0.25) is 4.79 Å². The van der Waals surface area contributed by atoms with Crippen LogP contribution in [-0.2, 0) is 4.79 Å². The molecule has 2 aromatic rings. The highest BCUT2D eigenvalue weighted by atomic mass is 79.9. The van der Waals surface area contributed by atoms with Gasteiger partial charge >= 0.3 is 0 Å². The van der Waals surface area contributed by atoms with Gasteiger partial charge in [-0.25, -0.2) is 4.98 Å². The highest BCUT2D eigenvalue weighted by Crippen LogP contribution is 2.32. The van der Waals surface area contributed by atoms with Crippen molar-refractivity contribution in [2.45, 2.75) is 19.3 Å². The van der Waals surface area contributed by atoms with E-state index in [1.54, 1.807) is 11.3 Å². The van der Waals surface area contributed by atoms with E-state index in [0.717, 1.165) is 57.8 Å². The fourth-order valence-electron chi connectivity index (χ4n) is 3.14. The molecule has 0 unspecified atom stereocenters. The molecule has 1 aromatic heterocycles. The first-order chi connectivity index (χ1) is 11.7. The molecule has 0 atom stereocenters. The number of thiazole rings is 1. The van der Waals surface area contributed by atoms with Gasteiger partial charge in [-0.05, 0) is 43.0 Å². The minimum Gasteiger partial charge on any atom is -0.339 e. The molecule has 1 aliphatic heterocycles. The van der Waals surface area contributed by atoms with E-state index in [0.29, 0.717) is 6.42 Å². The third-order valence-electron chi connectivity index (χ3n) is 4.41. The first-order valence-electron chi connectivity index (χ1n) is 8.12. The lowest BCUT2D eigenvalue weighted by Crippen LogP contribution is -2.28. The summed E-state index contributed by atoms with van der Waals surface area (Å²) in [6.07, 6.45) is 7.10. The first kappa shape index (κ1) is 15.8. The van der Waals surface area contributed by atoms with E-state index in [1.165, 1.54) is 0 Å². The average Bonchev–Trinajstić information content (AvgIpc) is 3.34. The molecule has 0 spiro atoms. The van der Waals surface area contributed by atoms with Gasteiger partial charge < -0.3 is 4.90 Å². The van der Waals surface area contributed by atoms with E-state index in [-0.39, 0.29) is 5.91 Å². The normalized spacial score (nSPS) is 17.1. The van der Waals surface area contributed by atoms with E-state index in [9.17, 15) is 4.79 Å². The lowest BCUT2D eigenvalue weighted by atomic mass is 10.2. The number of halogens is 1. The largest absolute Gasteiger partial charge is 0.339 e. The Hall–Kier alpha value is -1.72. The van der Waals surface area contributed by atoms with E-state index in [4.69, 9.17) is 4.98 Å². The standard InChI is InChI=1S/C19H17BrN2OS/c20-16-5-3-4-14(11-16)18-21-17(12-24-18)13-6-7-15(10-13)19(23)22-8-1-2-9-22/h3-6,10-12H,1-2,7-9H2. The summed E-state index contributed by atoms with van der Waals surface area (Å²) in [5.41, 5.74) is 4.02. The number of amides is 1. The van der Waals surface area contributed by atoms with Gasteiger partial charge in [0.05, 0.1) is 5.69 Å². The van der Waals surface area contributed by atoms with Crippen molar-refractivity contribution in [1.82, 2.24) is 9.88 Å². The molecule has 2 aliphatic rings. The summed E-state index contributed by atoms with van der Waals surface area (Å²) in [6.45, 7) is 1.80. The number of hydrogen-bond acceptors (Lipinski definition) is 3. The summed E-state index contributed by atoms with van der Waals surface area (Å²) in [5, 5.41) is 3.07. The van der Waals surface area contributed by atoms with Crippen LogP contribution in [0, 0.1) is 0 Å². The van der Waals surface area contributed by atoms with Crippen LogP contribution >= 0.6 is 27.3 Å². The maximum absolute atomic E-state index is 12.5. The SMILES string of the molecule is O=C(C1=CC(c2csc(-c3cccc(Br)c3)n2)=CC1)N1CCCC1. The van der Waals surface area contributed by atoms with Crippen molar-refractivity contribution >= 4 is 38.7 Å². The molecular formula is C19H17BrN2OS. The summed E-state index contributed by atoms with van der Waals surface area (Å²) >= 11 is 5.14. The number of allylic oxidation sites excluding steroid dienone is 3. The molecule has 0 N–H and O–H groups in total. The summed E-state index contributed by atoms with van der Waals surface area (Å²) in [5.74, 6) is 0.196. The molecular weight excluding hydrogens is 384 g/mol. The van der Waals surface area contributed by atoms with Crippen molar-refractivity contribution in [3.05, 3.63) is 57.5 Å².